The predicted octanol–water partition coefficient (Wildman–Crippen LogP) is 1.96. The lowest BCUT2D eigenvalue weighted by molar-refractivity contribution is -0.160. The highest BCUT2D eigenvalue weighted by atomic mass is 16.6. The molecule has 0 N–H and O–H groups in total. The fourth-order valence-electron chi connectivity index (χ4n) is 3.87. The molecule has 3 atom stereocenters. The Labute approximate surface area is 154 Å². The normalized spacial score (nSPS) is 32.0. The van der Waals surface area contributed by atoms with Gasteiger partial charge in [-0.2, -0.15) is 0 Å². The Morgan fingerprint density at radius 3 is 2.04 bits per heavy atom. The minimum Gasteiger partial charge on any atom is -0.371 e. The number of imide groups is 2. The molecule has 26 heavy (non-hydrogen) atoms. The van der Waals surface area contributed by atoms with Crippen LogP contribution in [0.2, 0.25) is 0 Å². The molecular formula is C19H28N2O5. The highest BCUT2D eigenvalue weighted by Gasteiger charge is 2.58. The van der Waals surface area contributed by atoms with Gasteiger partial charge in [-0.05, 0) is 18.8 Å². The number of barbiturate groups is 1. The van der Waals surface area contributed by atoms with E-state index in [0.29, 0.717) is 19.6 Å². The topological polar surface area (TPSA) is 82.8 Å². The lowest BCUT2D eigenvalue weighted by Gasteiger charge is -2.44. The summed E-state index contributed by atoms with van der Waals surface area (Å²) < 4.78 is 10.4. The number of urea groups is 1. The maximum absolute atomic E-state index is 13.3. The van der Waals surface area contributed by atoms with Gasteiger partial charge in [0.25, 0.3) is 0 Å². The van der Waals surface area contributed by atoms with E-state index in [2.05, 4.69) is 13.5 Å². The van der Waals surface area contributed by atoms with Gasteiger partial charge in [-0.3, -0.25) is 19.4 Å². The number of carbonyl (C=O) groups excluding carboxylic acids is 3. The molecule has 7 nitrogen and oxygen atoms in total. The van der Waals surface area contributed by atoms with Gasteiger partial charge in [0.1, 0.15) is 5.41 Å². The molecule has 0 aromatic rings. The number of amides is 4. The van der Waals surface area contributed by atoms with Crippen LogP contribution in [0.5, 0.6) is 0 Å². The average molecular weight is 364 g/mol. The molecule has 7 heteroatoms. The molecule has 4 amide bonds. The lowest BCUT2D eigenvalue weighted by atomic mass is 9.72. The van der Waals surface area contributed by atoms with Gasteiger partial charge in [-0.1, -0.05) is 32.8 Å². The van der Waals surface area contributed by atoms with E-state index in [-0.39, 0.29) is 37.6 Å². The standard InChI is InChI=1S/C19H28N2O5/c1-4-6-13(3)8-19(7-5-2)16(22)20(9-14-11-25-14)18(24)21(17(19)23)10-15-12-26-15/h5,13-15H,2,4,6-12H2,1,3H3. The summed E-state index contributed by atoms with van der Waals surface area (Å²) in [7, 11) is 0. The Morgan fingerprint density at radius 1 is 1.15 bits per heavy atom. The summed E-state index contributed by atoms with van der Waals surface area (Å²) in [5.74, 6) is -0.614. The van der Waals surface area contributed by atoms with Crippen LogP contribution < -0.4 is 0 Å². The third kappa shape index (κ3) is 3.69. The number of ether oxygens (including phenoxy) is 2. The molecule has 3 saturated heterocycles. The van der Waals surface area contributed by atoms with E-state index >= 15 is 0 Å². The van der Waals surface area contributed by atoms with Crippen molar-refractivity contribution in [3.8, 4) is 0 Å². The van der Waals surface area contributed by atoms with Crippen LogP contribution in [0, 0.1) is 11.3 Å². The Morgan fingerprint density at radius 2 is 1.65 bits per heavy atom. The van der Waals surface area contributed by atoms with Crippen molar-refractivity contribution in [1.82, 2.24) is 9.80 Å². The van der Waals surface area contributed by atoms with Crippen molar-refractivity contribution >= 4 is 17.8 Å². The average Bonchev–Trinajstić information content (AvgIpc) is 3.50. The Bertz CT molecular complexity index is 561. The SMILES string of the molecule is C=CCC1(CC(C)CCC)C(=O)N(CC2CO2)C(=O)N(CC2CO2)C1=O. The molecule has 144 valence electrons. The van der Waals surface area contributed by atoms with Gasteiger partial charge >= 0.3 is 6.03 Å². The quantitative estimate of drug-likeness (QED) is 0.336. The van der Waals surface area contributed by atoms with Gasteiger partial charge in [-0.25, -0.2) is 4.79 Å². The van der Waals surface area contributed by atoms with E-state index in [1.807, 2.05) is 6.92 Å². The van der Waals surface area contributed by atoms with Crippen molar-refractivity contribution in [2.75, 3.05) is 26.3 Å². The molecule has 3 aliphatic heterocycles. The molecule has 0 saturated carbocycles. The summed E-state index contributed by atoms with van der Waals surface area (Å²) in [4.78, 5) is 41.9. The number of rotatable bonds is 10. The first kappa shape index (κ1) is 19.0. The highest BCUT2D eigenvalue weighted by molar-refractivity contribution is 6.19. The number of nitrogens with zero attached hydrogens (tertiary/aromatic N) is 2. The molecule has 0 aliphatic carbocycles. The van der Waals surface area contributed by atoms with Crippen molar-refractivity contribution in [1.29, 1.82) is 0 Å². The smallest absolute Gasteiger partial charge is 0.333 e. The summed E-state index contributed by atoms with van der Waals surface area (Å²) in [5, 5.41) is 0. The zero-order valence-corrected chi connectivity index (χ0v) is 15.6. The van der Waals surface area contributed by atoms with Crippen LogP contribution in [-0.4, -0.2) is 66.2 Å². The maximum atomic E-state index is 13.3. The van der Waals surface area contributed by atoms with Gasteiger partial charge in [0.05, 0.1) is 38.5 Å². The second-order valence-corrected chi connectivity index (χ2v) is 7.70. The fourth-order valence-corrected chi connectivity index (χ4v) is 3.87. The molecule has 0 spiro atoms. The number of carbonyl (C=O) groups is 3. The summed E-state index contributed by atoms with van der Waals surface area (Å²) in [6.45, 7) is 9.38. The summed E-state index contributed by atoms with van der Waals surface area (Å²) in [5.41, 5.74) is -1.26. The first-order chi connectivity index (χ1) is 12.4. The van der Waals surface area contributed by atoms with Crippen molar-refractivity contribution in [2.45, 2.75) is 51.7 Å². The third-order valence-electron chi connectivity index (χ3n) is 5.32. The van der Waals surface area contributed by atoms with E-state index in [9.17, 15) is 14.4 Å². The van der Waals surface area contributed by atoms with Gasteiger partial charge in [0.2, 0.25) is 11.8 Å². The van der Waals surface area contributed by atoms with Crippen molar-refractivity contribution < 1.29 is 23.9 Å². The predicted molar refractivity (Wildman–Crippen MR) is 94.2 cm³/mol. The van der Waals surface area contributed by atoms with Crippen LogP contribution in [0.4, 0.5) is 4.79 Å². The largest absolute Gasteiger partial charge is 0.371 e. The van der Waals surface area contributed by atoms with E-state index < -0.39 is 23.3 Å². The zero-order chi connectivity index (χ0) is 18.9. The molecule has 3 fully saturated rings. The molecule has 0 aromatic carbocycles. The molecule has 0 aromatic heterocycles. The second kappa shape index (κ2) is 7.48. The summed E-state index contributed by atoms with van der Waals surface area (Å²) in [6.07, 6.45) is 3.92. The van der Waals surface area contributed by atoms with Crippen molar-refractivity contribution in [3.05, 3.63) is 12.7 Å². The zero-order valence-electron chi connectivity index (χ0n) is 15.6. The molecule has 3 rings (SSSR count). The molecule has 0 bridgehead atoms. The fraction of sp³-hybridized carbons (Fsp3) is 0.737. The number of epoxide rings is 2. The first-order valence-corrected chi connectivity index (χ1v) is 9.45. The van der Waals surface area contributed by atoms with E-state index in [4.69, 9.17) is 9.47 Å². The van der Waals surface area contributed by atoms with Gasteiger partial charge in [-0.15, -0.1) is 6.58 Å². The van der Waals surface area contributed by atoms with Crippen molar-refractivity contribution in [3.63, 3.8) is 0 Å². The van der Waals surface area contributed by atoms with Crippen LogP contribution in [0.3, 0.4) is 0 Å². The Hall–Kier alpha value is -1.73. The molecule has 0 radical (unpaired) electrons. The van der Waals surface area contributed by atoms with Crippen LogP contribution in [0.1, 0.15) is 39.5 Å². The summed E-state index contributed by atoms with van der Waals surface area (Å²) >= 11 is 0. The van der Waals surface area contributed by atoms with E-state index in [1.54, 1.807) is 6.08 Å². The lowest BCUT2D eigenvalue weighted by Crippen LogP contribution is -2.66. The van der Waals surface area contributed by atoms with Crippen LogP contribution in [-0.2, 0) is 19.1 Å². The summed E-state index contributed by atoms with van der Waals surface area (Å²) in [6, 6.07) is -0.547. The number of hydrogen-bond donors (Lipinski definition) is 0. The maximum Gasteiger partial charge on any atom is 0.333 e. The molecule has 3 heterocycles. The van der Waals surface area contributed by atoms with Gasteiger partial charge < -0.3 is 9.47 Å². The van der Waals surface area contributed by atoms with E-state index in [1.165, 1.54) is 9.80 Å². The van der Waals surface area contributed by atoms with Gasteiger partial charge in [0, 0.05) is 0 Å². The molecule has 3 aliphatic rings. The first-order valence-electron chi connectivity index (χ1n) is 9.45. The van der Waals surface area contributed by atoms with Crippen LogP contribution in [0.15, 0.2) is 12.7 Å². The van der Waals surface area contributed by atoms with Crippen molar-refractivity contribution in [2.24, 2.45) is 11.3 Å². The Balaban J connectivity index is 1.93. The van der Waals surface area contributed by atoms with Crippen LogP contribution >= 0.6 is 0 Å². The van der Waals surface area contributed by atoms with Crippen LogP contribution in [0.25, 0.3) is 0 Å². The number of allylic oxidation sites excluding steroid dienone is 1. The molecular weight excluding hydrogens is 336 g/mol. The minimum atomic E-state index is -1.26. The third-order valence-corrected chi connectivity index (χ3v) is 5.32. The minimum absolute atomic E-state index is 0.121. The Kier molecular flexibility index (Phi) is 5.48. The second-order valence-electron chi connectivity index (χ2n) is 7.70. The monoisotopic (exact) mass is 364 g/mol. The van der Waals surface area contributed by atoms with Gasteiger partial charge in [0.15, 0.2) is 0 Å². The molecule has 3 unspecified atom stereocenters. The highest BCUT2D eigenvalue weighted by Crippen LogP contribution is 2.41. The van der Waals surface area contributed by atoms with E-state index in [0.717, 1.165) is 12.8 Å². The number of hydrogen-bond acceptors (Lipinski definition) is 5.